The van der Waals surface area contributed by atoms with E-state index in [1.54, 1.807) is 11.9 Å². The lowest BCUT2D eigenvalue weighted by atomic mass is 10.1. The molecule has 2 rings (SSSR count). The number of nitrogens with one attached hydrogen (secondary N) is 1. The molecule has 1 aromatic rings. The van der Waals surface area contributed by atoms with Gasteiger partial charge in [-0.3, -0.25) is 0 Å². The van der Waals surface area contributed by atoms with Crippen LogP contribution in [0.2, 0.25) is 0 Å². The number of hydrogen-bond donors (Lipinski definition) is 1. The van der Waals surface area contributed by atoms with Crippen LogP contribution in [0.25, 0.3) is 0 Å². The molecule has 25 heavy (non-hydrogen) atoms. The van der Waals surface area contributed by atoms with Crippen LogP contribution in [0.4, 0.5) is 4.79 Å². The fourth-order valence-corrected chi connectivity index (χ4v) is 3.17. The zero-order valence-corrected chi connectivity index (χ0v) is 16.0. The number of carbonyl (C=O) groups is 1. The van der Waals surface area contributed by atoms with Gasteiger partial charge in [0.25, 0.3) is 0 Å². The van der Waals surface area contributed by atoms with Crippen LogP contribution in [0.15, 0.2) is 18.2 Å². The average molecular weight is 349 g/mol. The second-order valence-corrected chi connectivity index (χ2v) is 6.86. The molecule has 6 heteroatoms. The molecule has 1 aliphatic heterocycles. The highest BCUT2D eigenvalue weighted by atomic mass is 16.5. The van der Waals surface area contributed by atoms with Crippen molar-refractivity contribution in [3.05, 3.63) is 29.3 Å². The van der Waals surface area contributed by atoms with Crippen molar-refractivity contribution in [1.82, 2.24) is 15.1 Å². The minimum atomic E-state index is -0.0889. The number of carbonyl (C=O) groups excluding carboxylic acids is 1. The third-order valence-corrected chi connectivity index (χ3v) is 4.38. The number of likely N-dealkylation sites (N-methyl/N-ethyl adjacent to an activating group) is 2. The first-order valence-corrected chi connectivity index (χ1v) is 8.92. The fraction of sp³-hybridized carbons (Fsp3) is 0.632. The summed E-state index contributed by atoms with van der Waals surface area (Å²) in [5.74, 6) is 0.847. The minimum absolute atomic E-state index is 0.0280. The Balaban J connectivity index is 1.78. The van der Waals surface area contributed by atoms with Crippen LogP contribution < -0.4 is 10.1 Å². The van der Waals surface area contributed by atoms with E-state index in [1.807, 2.05) is 40.0 Å². The maximum atomic E-state index is 12.4. The van der Waals surface area contributed by atoms with Crippen molar-refractivity contribution in [2.24, 2.45) is 0 Å². The second-order valence-electron chi connectivity index (χ2n) is 6.86. The Kier molecular flexibility index (Phi) is 7.08. The summed E-state index contributed by atoms with van der Waals surface area (Å²) in [4.78, 5) is 16.2. The molecule has 1 saturated heterocycles. The van der Waals surface area contributed by atoms with E-state index in [9.17, 15) is 4.79 Å². The number of likely N-dealkylation sites (tertiary alicyclic amines) is 1. The molecule has 1 heterocycles. The summed E-state index contributed by atoms with van der Waals surface area (Å²) < 4.78 is 11.5. The highest BCUT2D eigenvalue weighted by Gasteiger charge is 2.32. The molecule has 0 saturated carbocycles. The lowest BCUT2D eigenvalue weighted by Gasteiger charge is -2.24. The monoisotopic (exact) mass is 349 g/mol. The number of benzene rings is 1. The van der Waals surface area contributed by atoms with E-state index >= 15 is 0 Å². The van der Waals surface area contributed by atoms with Crippen LogP contribution in [0.1, 0.15) is 18.1 Å². The Labute approximate surface area is 151 Å². The first-order valence-electron chi connectivity index (χ1n) is 8.92. The standard InChI is InChI=1S/C19H31N3O3/c1-6-24-18-13-21(4)12-17(18)20-19(23)22(5)7-8-25-16-10-14(2)9-15(3)11-16/h9-11,17-18H,6-8,12-13H2,1-5H3,(H,20,23)/t17-,18-/m0/s1. The largest absolute Gasteiger partial charge is 0.492 e. The van der Waals surface area contributed by atoms with Crippen molar-refractivity contribution >= 4 is 6.03 Å². The van der Waals surface area contributed by atoms with Gasteiger partial charge in [0.1, 0.15) is 12.4 Å². The molecule has 6 nitrogen and oxygen atoms in total. The highest BCUT2D eigenvalue weighted by molar-refractivity contribution is 5.74. The SMILES string of the molecule is CCO[C@H]1CN(C)C[C@@H]1NC(=O)N(C)CCOc1cc(C)cc(C)c1. The molecule has 0 bridgehead atoms. The molecule has 1 N–H and O–H groups in total. The normalized spacial score (nSPS) is 20.5. The predicted molar refractivity (Wildman–Crippen MR) is 99.3 cm³/mol. The molecule has 2 atom stereocenters. The van der Waals surface area contributed by atoms with Crippen LogP contribution in [0, 0.1) is 13.8 Å². The Bertz CT molecular complexity index is 559. The molecule has 0 unspecified atom stereocenters. The van der Waals surface area contributed by atoms with Crippen LogP contribution in [0.5, 0.6) is 5.75 Å². The van der Waals surface area contributed by atoms with Gasteiger partial charge in [0.2, 0.25) is 0 Å². The van der Waals surface area contributed by atoms with Gasteiger partial charge in [-0.1, -0.05) is 6.07 Å². The molecular weight excluding hydrogens is 318 g/mol. The lowest BCUT2D eigenvalue weighted by molar-refractivity contribution is 0.0551. The first-order chi connectivity index (χ1) is 11.9. The molecule has 1 fully saturated rings. The first kappa shape index (κ1) is 19.5. The summed E-state index contributed by atoms with van der Waals surface area (Å²) in [7, 11) is 3.83. The molecule has 140 valence electrons. The number of urea groups is 1. The third kappa shape index (κ3) is 5.90. The molecule has 2 amide bonds. The quantitative estimate of drug-likeness (QED) is 0.818. The maximum absolute atomic E-state index is 12.4. The van der Waals surface area contributed by atoms with Gasteiger partial charge in [0.05, 0.1) is 18.7 Å². The number of rotatable bonds is 7. The van der Waals surface area contributed by atoms with Gasteiger partial charge in [0.15, 0.2) is 0 Å². The second kappa shape index (κ2) is 9.06. The zero-order chi connectivity index (χ0) is 18.4. The molecule has 0 aromatic heterocycles. The van der Waals surface area contributed by atoms with Gasteiger partial charge in [-0.15, -0.1) is 0 Å². The molecular formula is C19H31N3O3. The van der Waals surface area contributed by atoms with E-state index in [0.29, 0.717) is 19.8 Å². The van der Waals surface area contributed by atoms with Crippen molar-refractivity contribution < 1.29 is 14.3 Å². The van der Waals surface area contributed by atoms with Crippen LogP contribution in [0.3, 0.4) is 0 Å². The van der Waals surface area contributed by atoms with E-state index in [2.05, 4.69) is 16.3 Å². The van der Waals surface area contributed by atoms with Crippen LogP contribution in [-0.2, 0) is 4.74 Å². The summed E-state index contributed by atoms with van der Waals surface area (Å²) in [5, 5.41) is 3.08. The van der Waals surface area contributed by atoms with Crippen LogP contribution >= 0.6 is 0 Å². The number of nitrogens with zero attached hydrogens (tertiary/aromatic N) is 2. The van der Waals surface area contributed by atoms with Gasteiger partial charge < -0.3 is 24.6 Å². The van der Waals surface area contributed by atoms with Gasteiger partial charge in [0, 0.05) is 26.7 Å². The summed E-state index contributed by atoms with van der Waals surface area (Å²) in [6.07, 6.45) is 0.0545. The van der Waals surface area contributed by atoms with Gasteiger partial charge in [-0.25, -0.2) is 4.79 Å². The average Bonchev–Trinajstić information content (AvgIpc) is 2.86. The fourth-order valence-electron chi connectivity index (χ4n) is 3.17. The Morgan fingerprint density at radius 2 is 1.96 bits per heavy atom. The van der Waals surface area contributed by atoms with Crippen molar-refractivity contribution in [2.75, 3.05) is 46.9 Å². The van der Waals surface area contributed by atoms with E-state index in [0.717, 1.165) is 18.8 Å². The molecule has 1 aliphatic rings. The summed E-state index contributed by atoms with van der Waals surface area (Å²) in [5.41, 5.74) is 2.35. The number of amides is 2. The predicted octanol–water partition coefficient (Wildman–Crippen LogP) is 2.04. The highest BCUT2D eigenvalue weighted by Crippen LogP contribution is 2.16. The number of ether oxygens (including phenoxy) is 2. The molecule has 0 aliphatic carbocycles. The Morgan fingerprint density at radius 3 is 2.60 bits per heavy atom. The Morgan fingerprint density at radius 1 is 1.28 bits per heavy atom. The van der Waals surface area contributed by atoms with Gasteiger partial charge in [-0.2, -0.15) is 0 Å². The topological polar surface area (TPSA) is 54.0 Å². The maximum Gasteiger partial charge on any atom is 0.317 e. The van der Waals surface area contributed by atoms with Crippen molar-refractivity contribution in [1.29, 1.82) is 0 Å². The lowest BCUT2D eigenvalue weighted by Crippen LogP contribution is -2.49. The van der Waals surface area contributed by atoms with Gasteiger partial charge >= 0.3 is 6.03 Å². The van der Waals surface area contributed by atoms with Crippen molar-refractivity contribution in [3.63, 3.8) is 0 Å². The zero-order valence-electron chi connectivity index (χ0n) is 16.0. The number of aryl methyl sites for hydroxylation is 2. The van der Waals surface area contributed by atoms with E-state index in [4.69, 9.17) is 9.47 Å². The molecule has 0 radical (unpaired) electrons. The summed E-state index contributed by atoms with van der Waals surface area (Å²) in [6, 6.07) is 6.07. The summed E-state index contributed by atoms with van der Waals surface area (Å²) >= 11 is 0. The van der Waals surface area contributed by atoms with Crippen molar-refractivity contribution in [3.8, 4) is 5.75 Å². The van der Waals surface area contributed by atoms with Gasteiger partial charge in [-0.05, 0) is 51.1 Å². The Hall–Kier alpha value is -1.79. The van der Waals surface area contributed by atoms with E-state index in [-0.39, 0.29) is 18.2 Å². The smallest absolute Gasteiger partial charge is 0.317 e. The molecule has 1 aromatic carbocycles. The minimum Gasteiger partial charge on any atom is -0.492 e. The molecule has 0 spiro atoms. The summed E-state index contributed by atoms with van der Waals surface area (Å²) in [6.45, 7) is 9.38. The number of hydrogen-bond acceptors (Lipinski definition) is 4. The van der Waals surface area contributed by atoms with E-state index in [1.165, 1.54) is 11.1 Å². The third-order valence-electron chi connectivity index (χ3n) is 4.38. The van der Waals surface area contributed by atoms with Crippen molar-refractivity contribution in [2.45, 2.75) is 32.9 Å². The van der Waals surface area contributed by atoms with Crippen LogP contribution in [-0.4, -0.2) is 74.9 Å². The van der Waals surface area contributed by atoms with E-state index < -0.39 is 0 Å².